The van der Waals surface area contributed by atoms with Crippen molar-refractivity contribution in [2.24, 2.45) is 0 Å². The van der Waals surface area contributed by atoms with E-state index < -0.39 is 24.0 Å². The van der Waals surface area contributed by atoms with Gasteiger partial charge in [0.2, 0.25) is 6.10 Å². The Bertz CT molecular complexity index is 261. The number of hydrogen-bond acceptors (Lipinski definition) is 5. The summed E-state index contributed by atoms with van der Waals surface area (Å²) in [4.78, 5) is 40.1. The highest BCUT2D eigenvalue weighted by Crippen LogP contribution is 2.04. The van der Waals surface area contributed by atoms with E-state index in [1.54, 1.807) is 6.92 Å². The Balaban J connectivity index is 3.87. The van der Waals surface area contributed by atoms with Gasteiger partial charge >= 0.3 is 17.9 Å². The average Bonchev–Trinajstić information content (AvgIpc) is 2.20. The monoisotopic (exact) mass is 234 g/mol. The summed E-state index contributed by atoms with van der Waals surface area (Å²) in [6.07, 6.45) is -1.18. The number of rotatable bonds is 8. The van der Waals surface area contributed by atoms with Crippen LogP contribution in [0.3, 0.4) is 0 Å². The van der Waals surface area contributed by atoms with Crippen LogP contribution in [0, 0.1) is 0 Å². The Morgan fingerprint density at radius 3 is 2.25 bits per heavy atom. The second kappa shape index (κ2) is 7.63. The summed E-state index contributed by atoms with van der Waals surface area (Å²) in [5, 5.41) is 16.9. The van der Waals surface area contributed by atoms with Crippen LogP contribution in [0.25, 0.3) is 0 Å². The molecule has 0 spiro atoms. The Labute approximate surface area is 91.9 Å². The number of hydrogen-bond donors (Lipinski definition) is 2. The highest BCUT2D eigenvalue weighted by molar-refractivity contribution is 5.76. The van der Waals surface area contributed by atoms with Gasteiger partial charge in [0.05, 0.1) is 12.8 Å². The van der Waals surface area contributed by atoms with Crippen molar-refractivity contribution in [1.82, 2.24) is 0 Å². The Morgan fingerprint density at radius 1 is 1.19 bits per heavy atom. The van der Waals surface area contributed by atoms with Gasteiger partial charge in [-0.2, -0.15) is 4.89 Å². The van der Waals surface area contributed by atoms with Crippen molar-refractivity contribution in [3.05, 3.63) is 0 Å². The van der Waals surface area contributed by atoms with Gasteiger partial charge in [0.15, 0.2) is 0 Å². The predicted molar refractivity (Wildman–Crippen MR) is 50.4 cm³/mol. The molecule has 0 fully saturated rings. The first-order valence-electron chi connectivity index (χ1n) is 4.78. The van der Waals surface area contributed by atoms with E-state index >= 15 is 0 Å². The van der Waals surface area contributed by atoms with E-state index in [0.29, 0.717) is 6.42 Å². The molecule has 0 aliphatic heterocycles. The van der Waals surface area contributed by atoms with Gasteiger partial charge in [-0.3, -0.25) is 9.68 Å². The maximum Gasteiger partial charge on any atom is 0.342 e. The number of carbonyl (C=O) groups is 3. The Kier molecular flexibility index (Phi) is 6.86. The van der Waals surface area contributed by atoms with E-state index in [0.717, 1.165) is 0 Å². The van der Waals surface area contributed by atoms with Gasteiger partial charge in [-0.25, -0.2) is 9.59 Å². The molecule has 0 saturated heterocycles. The zero-order valence-electron chi connectivity index (χ0n) is 8.84. The molecule has 0 rings (SSSR count). The summed E-state index contributed by atoms with van der Waals surface area (Å²) in [7, 11) is 0. The van der Waals surface area contributed by atoms with E-state index in [4.69, 9.17) is 10.2 Å². The molecule has 2 N–H and O–H groups in total. The van der Waals surface area contributed by atoms with Gasteiger partial charge in [-0.1, -0.05) is 13.3 Å². The minimum absolute atomic E-state index is 0.210. The molecule has 1 unspecified atom stereocenters. The molecule has 16 heavy (non-hydrogen) atoms. The summed E-state index contributed by atoms with van der Waals surface area (Å²) in [6, 6.07) is 0. The molecule has 0 aliphatic carbocycles. The zero-order valence-corrected chi connectivity index (χ0v) is 8.84. The van der Waals surface area contributed by atoms with Crippen molar-refractivity contribution in [2.75, 3.05) is 0 Å². The summed E-state index contributed by atoms with van der Waals surface area (Å²) >= 11 is 0. The largest absolute Gasteiger partial charge is 0.481 e. The second-order valence-electron chi connectivity index (χ2n) is 3.06. The molecule has 7 heteroatoms. The lowest BCUT2D eigenvalue weighted by atomic mass is 10.2. The van der Waals surface area contributed by atoms with Gasteiger partial charge in [0, 0.05) is 0 Å². The van der Waals surface area contributed by atoms with Crippen molar-refractivity contribution in [3.63, 3.8) is 0 Å². The smallest absolute Gasteiger partial charge is 0.342 e. The van der Waals surface area contributed by atoms with E-state index in [-0.39, 0.29) is 19.3 Å². The summed E-state index contributed by atoms with van der Waals surface area (Å²) in [6.45, 7) is 1.76. The predicted octanol–water partition coefficient (Wildman–Crippen LogP) is 0.579. The van der Waals surface area contributed by atoms with Crippen molar-refractivity contribution >= 4 is 17.9 Å². The van der Waals surface area contributed by atoms with Crippen LogP contribution in [0.15, 0.2) is 0 Å². The Morgan fingerprint density at radius 2 is 1.81 bits per heavy atom. The van der Waals surface area contributed by atoms with E-state index in [1.807, 2.05) is 0 Å². The molecule has 1 atom stereocenters. The first kappa shape index (κ1) is 14.4. The zero-order chi connectivity index (χ0) is 12.6. The third-order valence-electron chi connectivity index (χ3n) is 1.63. The summed E-state index contributed by atoms with van der Waals surface area (Å²) in [5.74, 6) is -3.27. The van der Waals surface area contributed by atoms with Crippen LogP contribution in [0.2, 0.25) is 0 Å². The third-order valence-corrected chi connectivity index (χ3v) is 1.63. The number of carboxylic acids is 2. The molecule has 7 nitrogen and oxygen atoms in total. The SMILES string of the molecule is CCCC(OOC(=O)CCC(=O)O)C(=O)O. The van der Waals surface area contributed by atoms with E-state index in [2.05, 4.69) is 9.78 Å². The highest BCUT2D eigenvalue weighted by Gasteiger charge is 2.20. The molecule has 0 radical (unpaired) electrons. The molecule has 0 amide bonds. The number of carbonyl (C=O) groups excluding carboxylic acids is 1. The lowest BCUT2D eigenvalue weighted by molar-refractivity contribution is -0.296. The highest BCUT2D eigenvalue weighted by atomic mass is 17.2. The molecule has 0 aromatic rings. The molecule has 92 valence electrons. The molecule has 0 aliphatic rings. The summed E-state index contributed by atoms with van der Waals surface area (Å²) in [5.41, 5.74) is 0. The second-order valence-corrected chi connectivity index (χ2v) is 3.06. The number of carboxylic acid groups (broad SMARTS) is 2. The fraction of sp³-hybridized carbons (Fsp3) is 0.667. The first-order valence-corrected chi connectivity index (χ1v) is 4.78. The van der Waals surface area contributed by atoms with Crippen LogP contribution in [0.4, 0.5) is 0 Å². The topological polar surface area (TPSA) is 110 Å². The maximum absolute atomic E-state index is 10.9. The van der Waals surface area contributed by atoms with Crippen LogP contribution in [0.1, 0.15) is 32.6 Å². The molecule has 0 saturated carbocycles. The van der Waals surface area contributed by atoms with Crippen LogP contribution in [-0.2, 0) is 24.2 Å². The molecule has 0 bridgehead atoms. The van der Waals surface area contributed by atoms with E-state index in [9.17, 15) is 14.4 Å². The molecule has 0 heterocycles. The van der Waals surface area contributed by atoms with Crippen molar-refractivity contribution in [3.8, 4) is 0 Å². The standard InChI is InChI=1S/C9H14O7/c1-2-3-6(9(13)14)15-16-8(12)5-4-7(10)11/h6H,2-5H2,1H3,(H,10,11)(H,13,14). The lowest BCUT2D eigenvalue weighted by Gasteiger charge is -2.10. The van der Waals surface area contributed by atoms with Crippen molar-refractivity contribution < 1.29 is 34.4 Å². The molecular formula is C9H14O7. The fourth-order valence-corrected chi connectivity index (χ4v) is 0.837. The van der Waals surface area contributed by atoms with E-state index in [1.165, 1.54) is 0 Å². The van der Waals surface area contributed by atoms with Crippen molar-refractivity contribution in [1.29, 1.82) is 0 Å². The fourth-order valence-electron chi connectivity index (χ4n) is 0.837. The van der Waals surface area contributed by atoms with Crippen LogP contribution < -0.4 is 0 Å². The molecule has 0 aromatic carbocycles. The minimum Gasteiger partial charge on any atom is -0.481 e. The van der Waals surface area contributed by atoms with Gasteiger partial charge in [0.1, 0.15) is 0 Å². The molecular weight excluding hydrogens is 220 g/mol. The van der Waals surface area contributed by atoms with Crippen LogP contribution >= 0.6 is 0 Å². The quantitative estimate of drug-likeness (QED) is 0.466. The van der Waals surface area contributed by atoms with Gasteiger partial charge in [-0.05, 0) is 6.42 Å². The van der Waals surface area contributed by atoms with Gasteiger partial charge < -0.3 is 10.2 Å². The first-order chi connectivity index (χ1) is 7.47. The van der Waals surface area contributed by atoms with Crippen LogP contribution in [0.5, 0.6) is 0 Å². The van der Waals surface area contributed by atoms with Gasteiger partial charge in [-0.15, -0.1) is 0 Å². The minimum atomic E-state index is -1.23. The number of aliphatic carboxylic acids is 2. The Hall–Kier alpha value is -1.63. The normalized spacial score (nSPS) is 11.8. The summed E-state index contributed by atoms with van der Waals surface area (Å²) < 4.78 is 0. The van der Waals surface area contributed by atoms with Crippen molar-refractivity contribution in [2.45, 2.75) is 38.7 Å². The maximum atomic E-state index is 10.9. The molecule has 0 aromatic heterocycles. The van der Waals surface area contributed by atoms with Gasteiger partial charge in [0.25, 0.3) is 0 Å². The third kappa shape index (κ3) is 6.77. The lowest BCUT2D eigenvalue weighted by Crippen LogP contribution is -2.25. The average molecular weight is 234 g/mol. The van der Waals surface area contributed by atoms with Crippen LogP contribution in [-0.4, -0.2) is 34.2 Å².